The number of aromatic nitrogens is 4. The third kappa shape index (κ3) is 38.4. The number of unbranched alkanes of at least 4 members (excludes halogenated alkanes) is 10. The number of halogens is 9. The normalized spacial score (nSPS) is 13.7. The molecule has 0 amide bonds. The minimum absolute atomic E-state index is 0. The monoisotopic (exact) mass is 1310 g/mol. The zero-order valence-electron chi connectivity index (χ0n) is 50.3. The first-order valence-electron chi connectivity index (χ1n) is 31.2. The van der Waals surface area contributed by atoms with Gasteiger partial charge in [-0.2, -0.15) is 9.13 Å². The second-order valence-corrected chi connectivity index (χ2v) is 22.5. The number of para-hydroxylation sites is 2. The molecule has 4 heterocycles. The van der Waals surface area contributed by atoms with Crippen LogP contribution in [-0.2, 0) is 47.2 Å². The number of rotatable bonds is 22. The van der Waals surface area contributed by atoms with Crippen LogP contribution in [0.15, 0.2) is 159 Å². The zero-order chi connectivity index (χ0) is 56.5. The van der Waals surface area contributed by atoms with Gasteiger partial charge < -0.3 is 21.8 Å². The average molecular weight is 1310 g/mol. The molecule has 0 N–H and O–H groups in total. The van der Waals surface area contributed by atoms with Crippen LogP contribution >= 0.6 is 0 Å². The Morgan fingerprint density at radius 3 is 0.791 bits per heavy atom. The molecule has 4 aromatic heterocycles. The van der Waals surface area contributed by atoms with E-state index in [1.165, 1.54) is 239 Å². The number of aryl methyl sites for hydroxylation is 2. The summed E-state index contributed by atoms with van der Waals surface area (Å²) in [6.45, 7) is 2.26. The van der Waals surface area contributed by atoms with E-state index in [4.69, 9.17) is 0 Å². The van der Waals surface area contributed by atoms with E-state index >= 15 is 0 Å². The molecular weight excluding hydrogens is 1210 g/mol. The van der Waals surface area contributed by atoms with E-state index in [1.54, 1.807) is 0 Å². The SMILES string of the molecule is C.C1CCCC1.C1CCCC1.FB(F)F.FB(F)F.[Cl-].[F-].[F-].[Fe].[Fe].c1ccc(-[n+]2ccc(-c3cc[n+](CCCCCCCCC4CCCC4)cc3)cc2)cc1.c1ccc(-[n+]2ccc(-c3cc[n+](CCCCCCCCC4CCCC4)cc3)cc2)cc1. The van der Waals surface area contributed by atoms with Crippen LogP contribution in [0.1, 0.15) is 213 Å². The predicted molar refractivity (Wildman–Crippen MR) is 327 cm³/mol. The van der Waals surface area contributed by atoms with Gasteiger partial charge in [-0.1, -0.05) is 224 Å². The molecule has 0 aliphatic heterocycles. The summed E-state index contributed by atoms with van der Waals surface area (Å²) in [6.07, 6.45) is 64.2. The fraction of sp³-hybridized carbons (Fsp3) is 0.536. The van der Waals surface area contributed by atoms with Crippen molar-refractivity contribution >= 4 is 15.1 Å². The number of hydrogen-bond donors (Lipinski definition) is 0. The van der Waals surface area contributed by atoms with Crippen LogP contribution < -0.4 is 40.1 Å². The minimum Gasteiger partial charge on any atom is -1.00 e. The molecule has 4 nitrogen and oxygen atoms in total. The van der Waals surface area contributed by atoms with E-state index in [-0.39, 0.29) is 63.4 Å². The third-order valence-electron chi connectivity index (χ3n) is 16.2. The van der Waals surface area contributed by atoms with Crippen LogP contribution in [0.2, 0.25) is 0 Å². The summed E-state index contributed by atoms with van der Waals surface area (Å²) in [5.41, 5.74) is 7.45. The van der Waals surface area contributed by atoms with E-state index in [2.05, 4.69) is 177 Å². The maximum atomic E-state index is 9.67. The van der Waals surface area contributed by atoms with Crippen LogP contribution in [0, 0.1) is 11.8 Å². The van der Waals surface area contributed by atoms with Crippen molar-refractivity contribution in [3.8, 4) is 33.6 Å². The molecule has 0 saturated heterocycles. The van der Waals surface area contributed by atoms with Gasteiger partial charge in [0.1, 0.15) is 13.1 Å². The van der Waals surface area contributed by atoms with Crippen molar-refractivity contribution < 1.29 is 100 Å². The Labute approximate surface area is 542 Å². The Morgan fingerprint density at radius 1 is 0.314 bits per heavy atom. The first kappa shape index (κ1) is 84.0. The van der Waals surface area contributed by atoms with Crippen molar-refractivity contribution in [2.75, 3.05) is 0 Å². The molecule has 4 aliphatic rings. The summed E-state index contributed by atoms with van der Waals surface area (Å²) in [4.78, 5) is 0. The van der Waals surface area contributed by atoms with Crippen LogP contribution in [0.3, 0.4) is 0 Å². The van der Waals surface area contributed by atoms with Crippen LogP contribution in [0.4, 0.5) is 25.9 Å². The largest absolute Gasteiger partial charge is 1.00 e. The molecule has 86 heavy (non-hydrogen) atoms. The van der Waals surface area contributed by atoms with Crippen molar-refractivity contribution in [3.63, 3.8) is 0 Å². The van der Waals surface area contributed by atoms with Gasteiger partial charge >= 0.3 is 15.1 Å². The first-order valence-corrected chi connectivity index (χ1v) is 31.2. The van der Waals surface area contributed by atoms with Gasteiger partial charge in [0.05, 0.1) is 0 Å². The molecule has 4 aliphatic carbocycles. The van der Waals surface area contributed by atoms with Crippen LogP contribution in [0.25, 0.3) is 33.6 Å². The summed E-state index contributed by atoms with van der Waals surface area (Å²) in [6, 6.07) is 38.6. The Balaban J connectivity index is 0. The molecule has 2 aromatic carbocycles. The van der Waals surface area contributed by atoms with Gasteiger partial charge in [0.15, 0.2) is 49.6 Å². The Kier molecular flexibility index (Phi) is 52.7. The van der Waals surface area contributed by atoms with Gasteiger partial charge in [0.25, 0.3) is 0 Å². The maximum absolute atomic E-state index is 9.67. The second kappa shape index (κ2) is 53.9. The molecule has 0 radical (unpaired) electrons. The summed E-state index contributed by atoms with van der Waals surface area (Å²) < 4.78 is 67.0. The van der Waals surface area contributed by atoms with Gasteiger partial charge in [-0.25, -0.2) is 9.13 Å². The predicted octanol–water partition coefficient (Wildman–Crippen LogP) is 11.0. The molecular formula is C69H100B2ClF8Fe2N4+. The fourth-order valence-electron chi connectivity index (χ4n) is 11.6. The maximum Gasteiger partial charge on any atom is 0.762 e. The van der Waals surface area contributed by atoms with Gasteiger partial charge in [-0.05, 0) is 46.9 Å². The standard InChI is InChI=1S/2C29H38N2.2C5H10.CH4.2BF3.ClH.2FH.2Fe/c2*1(3-6-12-26-13-9-10-14-26)2-4-11-21-30-22-17-27(18-23-30)28-19-24-31(25-20-28)29-15-7-5-8-16-29;2*1-2-4-5-3-1;;2*2-1(3)4;;;;;/h2*5,7-8,15-20,22-26H,1-4,6,9-14,21H2;2*1-5H2;1H4;;;3*1H;;/q2*+2;;;;;;;;;;/p-3. The summed E-state index contributed by atoms with van der Waals surface area (Å²) in [5, 5.41) is 0. The molecule has 4 saturated carbocycles. The summed E-state index contributed by atoms with van der Waals surface area (Å²) in [7, 11) is -7.33. The van der Waals surface area contributed by atoms with E-state index in [0.29, 0.717) is 0 Å². The smallest absolute Gasteiger partial charge is 0.762 e. The van der Waals surface area contributed by atoms with Crippen molar-refractivity contribution in [1.29, 1.82) is 0 Å². The Hall–Kier alpha value is -4.06. The minimum atomic E-state index is -3.67. The summed E-state index contributed by atoms with van der Waals surface area (Å²) >= 11 is 0. The second-order valence-electron chi connectivity index (χ2n) is 22.5. The van der Waals surface area contributed by atoms with Crippen molar-refractivity contribution in [3.05, 3.63) is 159 Å². The quantitative estimate of drug-likeness (QED) is 0.0279. The van der Waals surface area contributed by atoms with Crippen LogP contribution in [-0.4, -0.2) is 15.1 Å². The molecule has 480 valence electrons. The van der Waals surface area contributed by atoms with E-state index < -0.39 is 15.1 Å². The van der Waals surface area contributed by atoms with Crippen molar-refractivity contribution in [2.45, 2.75) is 226 Å². The molecule has 4 fully saturated rings. The topological polar surface area (TPSA) is 15.5 Å². The van der Waals surface area contributed by atoms with Gasteiger partial charge in [-0.15, -0.1) is 0 Å². The molecule has 0 spiro atoms. The molecule has 0 bridgehead atoms. The average Bonchev–Trinajstić information content (AvgIpc) is 2.68. The Bertz CT molecular complexity index is 2220. The molecule has 10 rings (SSSR count). The molecule has 0 unspecified atom stereocenters. The molecule has 6 aromatic rings. The number of benzene rings is 2. The van der Waals surface area contributed by atoms with Gasteiger partial charge in [0, 0.05) is 120 Å². The first-order chi connectivity index (χ1) is 39.2. The summed E-state index contributed by atoms with van der Waals surface area (Å²) in [5.74, 6) is 2.14. The number of hydrogen-bond acceptors (Lipinski definition) is 0. The van der Waals surface area contributed by atoms with Gasteiger partial charge in [0.2, 0.25) is 11.4 Å². The molecule has 17 heteroatoms. The number of nitrogens with zero attached hydrogens (tertiary/aromatic N) is 4. The van der Waals surface area contributed by atoms with Crippen LogP contribution in [0.5, 0.6) is 0 Å². The van der Waals surface area contributed by atoms with Crippen molar-refractivity contribution in [2.24, 2.45) is 11.8 Å². The third-order valence-corrected chi connectivity index (χ3v) is 16.2. The van der Waals surface area contributed by atoms with Gasteiger partial charge in [-0.3, -0.25) is 25.9 Å². The number of pyridine rings is 4. The zero-order valence-corrected chi connectivity index (χ0v) is 53.2. The fourth-order valence-corrected chi connectivity index (χ4v) is 11.6. The van der Waals surface area contributed by atoms with E-state index in [9.17, 15) is 25.9 Å². The Morgan fingerprint density at radius 2 is 0.535 bits per heavy atom. The van der Waals surface area contributed by atoms with E-state index in [0.717, 1.165) is 24.9 Å². The van der Waals surface area contributed by atoms with E-state index in [1.807, 2.05) is 0 Å². The van der Waals surface area contributed by atoms with Crippen molar-refractivity contribution in [1.82, 2.24) is 0 Å². The molecule has 0 atom stereocenters.